The Balaban J connectivity index is 0.00000260. The molecule has 6 rings (SSSR count). The number of benzene rings is 4. The van der Waals surface area contributed by atoms with Crippen molar-refractivity contribution in [3.63, 3.8) is 0 Å². The van der Waals surface area contributed by atoms with E-state index in [9.17, 15) is 0 Å². The predicted octanol–water partition coefficient (Wildman–Crippen LogP) is 6.14. The van der Waals surface area contributed by atoms with E-state index in [0.717, 1.165) is 6.42 Å². The quantitative estimate of drug-likeness (QED) is 0.230. The topological polar surface area (TPSA) is 0 Å². The summed E-state index contributed by atoms with van der Waals surface area (Å²) in [5, 5.41) is 0. The van der Waals surface area contributed by atoms with Gasteiger partial charge in [-0.25, -0.2) is 0 Å². The molecule has 4 aromatic rings. The van der Waals surface area contributed by atoms with Crippen LogP contribution in [-0.2, 0) is 32.1 Å². The Morgan fingerprint density at radius 3 is 1.40 bits per heavy atom. The van der Waals surface area contributed by atoms with Gasteiger partial charge in [0.05, 0.1) is 0 Å². The summed E-state index contributed by atoms with van der Waals surface area (Å²) in [5.41, 5.74) is 13.5. The van der Waals surface area contributed by atoms with Crippen molar-refractivity contribution in [2.24, 2.45) is 11.3 Å². The summed E-state index contributed by atoms with van der Waals surface area (Å²) in [5.74, 6) is 0.487. The Bertz CT molecular complexity index is 1750. The van der Waals surface area contributed by atoms with Crippen LogP contribution in [0.15, 0.2) is 118 Å². The van der Waals surface area contributed by atoms with Gasteiger partial charge < -0.3 is 24.8 Å². The second kappa shape index (κ2) is 14.5. The molecule has 0 radical (unpaired) electrons. The van der Waals surface area contributed by atoms with Crippen molar-refractivity contribution >= 4 is 3.21 Å². The molecule has 2 aliphatic carbocycles. The molecule has 250 valence electrons. The molecule has 0 aliphatic heterocycles. The van der Waals surface area contributed by atoms with E-state index in [1.807, 2.05) is 0 Å². The van der Waals surface area contributed by atoms with Gasteiger partial charge >= 0.3 is 288 Å². The fraction of sp³-hybridized carbons (Fsp3) is 0.356. The van der Waals surface area contributed by atoms with E-state index in [0.29, 0.717) is 9.54 Å². The summed E-state index contributed by atoms with van der Waals surface area (Å²) in [6.07, 6.45) is 6.45. The summed E-state index contributed by atoms with van der Waals surface area (Å²) < 4.78 is 3.78. The molecule has 1 unspecified atom stereocenters. The van der Waals surface area contributed by atoms with Crippen molar-refractivity contribution in [2.75, 3.05) is 0 Å². The Morgan fingerprint density at radius 2 is 1.02 bits per heavy atom. The van der Waals surface area contributed by atoms with Gasteiger partial charge in [0.2, 0.25) is 0 Å². The molecule has 4 aromatic carbocycles. The third-order valence-electron chi connectivity index (χ3n) is 10.1. The number of fused-ring (bicyclic) bond motifs is 3. The van der Waals surface area contributed by atoms with Crippen LogP contribution in [0.1, 0.15) is 113 Å². The van der Waals surface area contributed by atoms with E-state index in [1.165, 1.54) is 39.0 Å². The van der Waals surface area contributed by atoms with Gasteiger partial charge in [-0.1, -0.05) is 0 Å². The molecule has 2 aliphatic rings. The Kier molecular flexibility index (Phi) is 11.6. The van der Waals surface area contributed by atoms with Crippen molar-refractivity contribution in [2.45, 2.75) is 90.1 Å². The number of hydrogen-bond acceptors (Lipinski definition) is 0. The van der Waals surface area contributed by atoms with E-state index in [1.54, 1.807) is 17.6 Å². The molecule has 0 fully saturated rings. The summed E-state index contributed by atoms with van der Waals surface area (Å²) >= 11 is -2.84. The fourth-order valence-electron chi connectivity index (χ4n) is 7.35. The first kappa shape index (κ1) is 38.5. The smallest absolute Gasteiger partial charge is 1.00 e. The number of allylic oxidation sites excluding steroid dienone is 4. The molecule has 0 aromatic heterocycles. The second-order valence-corrected chi connectivity index (χ2v) is 22.6. The molecule has 0 heterocycles. The van der Waals surface area contributed by atoms with E-state index in [2.05, 4.69) is 178 Å². The van der Waals surface area contributed by atoms with Gasteiger partial charge in [-0.2, -0.15) is 0 Å². The van der Waals surface area contributed by atoms with Crippen LogP contribution >= 0.6 is 0 Å². The molecule has 0 amide bonds. The van der Waals surface area contributed by atoms with Crippen LogP contribution in [0.4, 0.5) is 0 Å². The first-order valence-corrected chi connectivity index (χ1v) is 21.1. The maximum absolute atomic E-state index is 2.84. The van der Waals surface area contributed by atoms with Crippen LogP contribution in [0.2, 0.25) is 0 Å². The van der Waals surface area contributed by atoms with Crippen molar-refractivity contribution in [1.82, 2.24) is 0 Å². The molecule has 0 saturated heterocycles. The summed E-state index contributed by atoms with van der Waals surface area (Å²) in [6.45, 7) is 23.6. The van der Waals surface area contributed by atoms with Crippen LogP contribution < -0.4 is 24.8 Å². The van der Waals surface area contributed by atoms with Gasteiger partial charge in [-0.05, 0) is 0 Å². The van der Waals surface area contributed by atoms with Crippen molar-refractivity contribution in [1.29, 1.82) is 0 Å². The third-order valence-corrected chi connectivity index (χ3v) is 18.6. The van der Waals surface area contributed by atoms with Crippen LogP contribution in [0.5, 0.6) is 0 Å². The molecule has 0 nitrogen and oxygen atoms in total. The molecule has 0 N–H and O–H groups in total. The second-order valence-electron chi connectivity index (χ2n) is 16.5. The van der Waals surface area contributed by atoms with Crippen LogP contribution in [0.3, 0.4) is 0 Å². The van der Waals surface area contributed by atoms with E-state index >= 15 is 0 Å². The zero-order valence-electron chi connectivity index (χ0n) is 30.5. The number of hydrogen-bond donors (Lipinski definition) is 0. The van der Waals surface area contributed by atoms with Gasteiger partial charge in [0.15, 0.2) is 0 Å². The first-order chi connectivity index (χ1) is 21.7. The molecule has 0 saturated carbocycles. The minimum absolute atomic E-state index is 0. The van der Waals surface area contributed by atoms with E-state index < -0.39 is 21.3 Å². The molecular weight excluding hydrogens is 703 g/mol. The van der Waals surface area contributed by atoms with Crippen molar-refractivity contribution in [3.8, 4) is 11.1 Å². The summed E-state index contributed by atoms with van der Waals surface area (Å²) in [4.78, 5) is 0. The molecule has 3 heteroatoms. The third kappa shape index (κ3) is 7.41. The largest absolute Gasteiger partial charge is 1.00 e. The zero-order valence-corrected chi connectivity index (χ0v) is 34.5. The maximum Gasteiger partial charge on any atom is -1.00 e. The van der Waals surface area contributed by atoms with Crippen molar-refractivity contribution in [3.05, 3.63) is 151 Å². The van der Waals surface area contributed by atoms with Gasteiger partial charge in [0, 0.05) is 0 Å². The normalized spacial score (nSPS) is 15.6. The van der Waals surface area contributed by atoms with Gasteiger partial charge in [-0.15, -0.1) is 0 Å². The van der Waals surface area contributed by atoms with Crippen LogP contribution in [0, 0.1) is 11.3 Å². The van der Waals surface area contributed by atoms with Crippen LogP contribution in [-0.4, -0.2) is 3.21 Å². The van der Waals surface area contributed by atoms with Gasteiger partial charge in [-0.3, -0.25) is 0 Å². The minimum Gasteiger partial charge on any atom is -1.00 e. The Hall–Kier alpha value is -2.31. The van der Waals surface area contributed by atoms with Gasteiger partial charge in [0.1, 0.15) is 0 Å². The average molecular weight is 755 g/mol. The Morgan fingerprint density at radius 1 is 0.583 bits per heavy atom. The van der Waals surface area contributed by atoms with Gasteiger partial charge in [0.25, 0.3) is 0 Å². The van der Waals surface area contributed by atoms with E-state index in [-0.39, 0.29) is 41.1 Å². The molecule has 1 atom stereocenters. The summed E-state index contributed by atoms with van der Waals surface area (Å²) in [7, 11) is 0. The number of halogens is 2. The van der Waals surface area contributed by atoms with E-state index in [4.69, 9.17) is 0 Å². The molecule has 0 bridgehead atoms. The maximum atomic E-state index is 2.68. The predicted molar refractivity (Wildman–Crippen MR) is 197 cm³/mol. The minimum atomic E-state index is -2.84. The molecular formula is C45H52Cl2Zr. The van der Waals surface area contributed by atoms with Crippen LogP contribution in [0.25, 0.3) is 11.1 Å². The zero-order chi connectivity index (χ0) is 33.0. The first-order valence-electron chi connectivity index (χ1n) is 17.3. The molecule has 0 spiro atoms. The monoisotopic (exact) mass is 752 g/mol. The standard InChI is InChI=1S/C21H25.C13H10.C11H17.2ClH.Zr/c1-20(2,3)16-9-7-14-11-15-8-10-17(21(4,5)6)13-19(15)18(14)12-16;1-3-7-12(8-4-1)11-13-9-5-2-6-10-13;1-5-9-6-7-10(8-9)11(2,3)4;;;/h7-13H,1-6H3;1-10H;7-9H,5H2,1-4H3;2*1H;/q;;;;;+2/p-2. The molecule has 48 heavy (non-hydrogen) atoms. The fourth-order valence-corrected chi connectivity index (χ4v) is 17.2. The Labute approximate surface area is 311 Å². The summed E-state index contributed by atoms with van der Waals surface area (Å²) in [6, 6.07) is 37.8. The van der Waals surface area contributed by atoms with Crippen molar-refractivity contribution < 1.29 is 46.1 Å². The SMILES string of the molecule is CCC1C=C(C(C)(C)C)C=[C]1[Zr+2](=[C](c1ccccc1)c1ccccc1)[CH]1c2ccc(C(C)(C)C)cc2-c2cc(C(C)(C)C)ccc21.[Cl-].[Cl-]. The number of rotatable bonds is 5. The average Bonchev–Trinajstić information content (AvgIpc) is 3.59.